The molecule has 6 nitrogen and oxygen atoms in total. The van der Waals surface area contributed by atoms with Gasteiger partial charge in [0.25, 0.3) is 0 Å². The fourth-order valence-electron chi connectivity index (χ4n) is 3.84. The zero-order valence-electron chi connectivity index (χ0n) is 15.1. The average molecular weight is 348 g/mol. The highest BCUT2D eigenvalue weighted by Gasteiger charge is 2.38. The summed E-state index contributed by atoms with van der Waals surface area (Å²) in [5.74, 6) is 0.788. The average Bonchev–Trinajstić information content (AvgIpc) is 2.62. The molecule has 1 N–H and O–H groups in total. The highest BCUT2D eigenvalue weighted by molar-refractivity contribution is 5.99. The quantitative estimate of drug-likeness (QED) is 0.877. The molecule has 3 rings (SSSR count). The lowest BCUT2D eigenvalue weighted by Gasteiger charge is -2.41. The topological polar surface area (TPSA) is 62.2 Å². The number of ether oxygens (including phenoxy) is 2. The molecule has 1 unspecified atom stereocenters. The first-order valence-corrected chi connectivity index (χ1v) is 8.99. The predicted molar refractivity (Wildman–Crippen MR) is 96.0 cm³/mol. The molecule has 1 aromatic carbocycles. The number of rotatable bonds is 5. The van der Waals surface area contributed by atoms with E-state index in [2.05, 4.69) is 0 Å². The third kappa shape index (κ3) is 3.97. The molecule has 1 amide bonds. The molecule has 2 aliphatic heterocycles. The normalized spacial score (nSPS) is 23.8. The number of anilines is 1. The number of nitrogens with zero attached hydrogens (tertiary/aromatic N) is 2. The van der Waals surface area contributed by atoms with Gasteiger partial charge in [-0.05, 0) is 32.0 Å². The van der Waals surface area contributed by atoms with Crippen LogP contribution in [0.2, 0.25) is 0 Å². The number of hydrogen-bond acceptors (Lipinski definition) is 5. The van der Waals surface area contributed by atoms with Crippen molar-refractivity contribution in [1.82, 2.24) is 4.90 Å². The van der Waals surface area contributed by atoms with Crippen molar-refractivity contribution in [2.75, 3.05) is 45.4 Å². The molecule has 0 aliphatic carbocycles. The molecule has 6 heteroatoms. The van der Waals surface area contributed by atoms with Gasteiger partial charge in [0, 0.05) is 39.1 Å². The van der Waals surface area contributed by atoms with Crippen molar-refractivity contribution < 1.29 is 19.4 Å². The SMILES string of the molecule is COc1ccccc1N1CCCC(N(C)CC2(O)CCOCC2)C1=O. The van der Waals surface area contributed by atoms with Crippen molar-refractivity contribution in [2.45, 2.75) is 37.3 Å². The molecule has 25 heavy (non-hydrogen) atoms. The standard InChI is InChI=1S/C19H28N2O4/c1-20(14-19(23)9-12-25-13-10-19)16-7-5-11-21(18(16)22)15-6-3-4-8-17(15)24-2/h3-4,6,8,16,23H,5,7,9-14H2,1-2H3. The van der Waals surface area contributed by atoms with Gasteiger partial charge in [-0.1, -0.05) is 12.1 Å². The Morgan fingerprint density at radius 3 is 2.80 bits per heavy atom. The van der Waals surface area contributed by atoms with Gasteiger partial charge < -0.3 is 19.5 Å². The number of amides is 1. The van der Waals surface area contributed by atoms with Gasteiger partial charge in [-0.25, -0.2) is 0 Å². The van der Waals surface area contributed by atoms with Crippen LogP contribution in [0.25, 0.3) is 0 Å². The number of carbonyl (C=O) groups is 1. The summed E-state index contributed by atoms with van der Waals surface area (Å²) >= 11 is 0. The minimum absolute atomic E-state index is 0.0777. The first-order valence-electron chi connectivity index (χ1n) is 8.99. The van der Waals surface area contributed by atoms with E-state index in [1.807, 2.05) is 41.1 Å². The van der Waals surface area contributed by atoms with E-state index in [9.17, 15) is 9.90 Å². The van der Waals surface area contributed by atoms with Gasteiger partial charge in [0.1, 0.15) is 5.75 Å². The lowest BCUT2D eigenvalue weighted by atomic mass is 9.92. The Morgan fingerprint density at radius 1 is 1.36 bits per heavy atom. The van der Waals surface area contributed by atoms with Crippen molar-refractivity contribution >= 4 is 11.6 Å². The second-order valence-electron chi connectivity index (χ2n) is 7.07. The maximum Gasteiger partial charge on any atom is 0.244 e. The Bertz CT molecular complexity index is 601. The summed E-state index contributed by atoms with van der Waals surface area (Å²) in [6, 6.07) is 7.40. The smallest absolute Gasteiger partial charge is 0.244 e. The lowest BCUT2D eigenvalue weighted by molar-refractivity contribution is -0.128. The van der Waals surface area contributed by atoms with Gasteiger partial charge >= 0.3 is 0 Å². The van der Waals surface area contributed by atoms with Crippen molar-refractivity contribution in [3.63, 3.8) is 0 Å². The number of benzene rings is 1. The van der Waals surface area contributed by atoms with Gasteiger partial charge in [-0.15, -0.1) is 0 Å². The number of carbonyl (C=O) groups excluding carboxylic acids is 1. The zero-order valence-corrected chi connectivity index (χ0v) is 15.1. The van der Waals surface area contributed by atoms with E-state index in [1.165, 1.54) is 0 Å². The molecule has 1 aromatic rings. The highest BCUT2D eigenvalue weighted by Crippen LogP contribution is 2.32. The molecule has 0 bridgehead atoms. The minimum Gasteiger partial charge on any atom is -0.495 e. The van der Waals surface area contributed by atoms with Crippen LogP contribution in [-0.4, -0.2) is 68.0 Å². The Balaban J connectivity index is 1.73. The molecule has 0 radical (unpaired) electrons. The number of para-hydroxylation sites is 2. The molecule has 0 aromatic heterocycles. The molecule has 2 heterocycles. The molecule has 0 saturated carbocycles. The van der Waals surface area contributed by atoms with Crippen molar-refractivity contribution in [2.24, 2.45) is 0 Å². The van der Waals surface area contributed by atoms with E-state index >= 15 is 0 Å². The van der Waals surface area contributed by atoms with Crippen molar-refractivity contribution in [1.29, 1.82) is 0 Å². The van der Waals surface area contributed by atoms with Gasteiger partial charge in [-0.2, -0.15) is 0 Å². The molecular formula is C19H28N2O4. The number of hydrogen-bond donors (Lipinski definition) is 1. The summed E-state index contributed by atoms with van der Waals surface area (Å²) in [7, 11) is 3.55. The van der Waals surface area contributed by atoms with E-state index in [4.69, 9.17) is 9.47 Å². The molecule has 2 aliphatic rings. The number of piperidine rings is 1. The number of aliphatic hydroxyl groups is 1. The fraction of sp³-hybridized carbons (Fsp3) is 0.632. The van der Waals surface area contributed by atoms with Crippen LogP contribution in [0.15, 0.2) is 24.3 Å². The van der Waals surface area contributed by atoms with Gasteiger partial charge in [0.2, 0.25) is 5.91 Å². The van der Waals surface area contributed by atoms with Gasteiger partial charge in [0.15, 0.2) is 0 Å². The third-order valence-corrected chi connectivity index (χ3v) is 5.29. The lowest BCUT2D eigenvalue weighted by Crippen LogP contribution is -2.55. The first kappa shape index (κ1) is 18.2. The van der Waals surface area contributed by atoms with Gasteiger partial charge in [0.05, 0.1) is 24.4 Å². The first-order chi connectivity index (χ1) is 12.0. The van der Waals surface area contributed by atoms with Crippen LogP contribution in [0, 0.1) is 0 Å². The Kier molecular flexibility index (Phi) is 5.61. The second kappa shape index (κ2) is 7.72. The minimum atomic E-state index is -0.764. The molecule has 138 valence electrons. The zero-order chi connectivity index (χ0) is 17.9. The Morgan fingerprint density at radius 2 is 2.08 bits per heavy atom. The summed E-state index contributed by atoms with van der Waals surface area (Å²) in [6.45, 7) is 2.35. The summed E-state index contributed by atoms with van der Waals surface area (Å²) in [4.78, 5) is 16.9. The van der Waals surface area contributed by atoms with Crippen LogP contribution in [0.5, 0.6) is 5.75 Å². The molecule has 0 spiro atoms. The number of methoxy groups -OCH3 is 1. The fourth-order valence-corrected chi connectivity index (χ4v) is 3.84. The van der Waals surface area contributed by atoms with Crippen LogP contribution >= 0.6 is 0 Å². The Hall–Kier alpha value is -1.63. The van der Waals surface area contributed by atoms with E-state index in [1.54, 1.807) is 7.11 Å². The van der Waals surface area contributed by atoms with Crippen LogP contribution in [0.4, 0.5) is 5.69 Å². The third-order valence-electron chi connectivity index (χ3n) is 5.29. The van der Waals surface area contributed by atoms with Crippen molar-refractivity contribution in [3.05, 3.63) is 24.3 Å². The van der Waals surface area contributed by atoms with E-state index in [0.29, 0.717) is 44.9 Å². The summed E-state index contributed by atoms with van der Waals surface area (Å²) in [5.41, 5.74) is 0.0536. The van der Waals surface area contributed by atoms with Crippen LogP contribution in [-0.2, 0) is 9.53 Å². The summed E-state index contributed by atoms with van der Waals surface area (Å²) in [5, 5.41) is 10.8. The monoisotopic (exact) mass is 348 g/mol. The largest absolute Gasteiger partial charge is 0.495 e. The van der Waals surface area contributed by atoms with Crippen LogP contribution in [0.3, 0.4) is 0 Å². The van der Waals surface area contributed by atoms with Crippen LogP contribution < -0.4 is 9.64 Å². The second-order valence-corrected chi connectivity index (χ2v) is 7.07. The maximum absolute atomic E-state index is 13.1. The van der Waals surface area contributed by atoms with E-state index in [0.717, 1.165) is 18.5 Å². The maximum atomic E-state index is 13.1. The van der Waals surface area contributed by atoms with E-state index < -0.39 is 5.60 Å². The van der Waals surface area contributed by atoms with E-state index in [-0.39, 0.29) is 11.9 Å². The van der Waals surface area contributed by atoms with Crippen molar-refractivity contribution in [3.8, 4) is 5.75 Å². The summed E-state index contributed by atoms with van der Waals surface area (Å²) < 4.78 is 10.8. The Labute approximate surface area is 149 Å². The number of likely N-dealkylation sites (N-methyl/N-ethyl adjacent to an activating group) is 1. The molecule has 2 fully saturated rings. The highest BCUT2D eigenvalue weighted by atomic mass is 16.5. The van der Waals surface area contributed by atoms with Gasteiger partial charge in [-0.3, -0.25) is 9.69 Å². The molecular weight excluding hydrogens is 320 g/mol. The predicted octanol–water partition coefficient (Wildman–Crippen LogP) is 1.66. The summed E-state index contributed by atoms with van der Waals surface area (Å²) in [6.07, 6.45) is 2.98. The van der Waals surface area contributed by atoms with Crippen LogP contribution in [0.1, 0.15) is 25.7 Å². The molecule has 1 atom stereocenters. The molecule has 2 saturated heterocycles.